The quantitative estimate of drug-likeness (QED) is 0.0548. The number of carbonyl (C=O) groups is 3. The van der Waals surface area contributed by atoms with Crippen molar-refractivity contribution < 1.29 is 72.2 Å². The maximum atomic E-state index is 10.7. The second kappa shape index (κ2) is 63.8. The summed E-state index contributed by atoms with van der Waals surface area (Å²) in [5, 5.41) is 60.1. The number of nitrogens with zero attached hydrogens (tertiary/aromatic N) is 24. The fraction of sp³-hybridized carbons (Fsp3) is 0.635. The normalized spacial score (nSPS) is 21.3. The third-order valence-electron chi connectivity index (χ3n) is 21.6. The number of hydrogen-bond donors (Lipinski definition) is 1. The Morgan fingerprint density at radius 2 is 0.971 bits per heavy atom. The third kappa shape index (κ3) is 46.2. The first kappa shape index (κ1) is 120. The molecule has 140 heavy (non-hydrogen) atoms. The zero-order valence-corrected chi connectivity index (χ0v) is 90.7. The van der Waals surface area contributed by atoms with Crippen molar-refractivity contribution >= 4 is 127 Å². The summed E-state index contributed by atoms with van der Waals surface area (Å²) in [6.45, 7) is 57.1. The highest BCUT2D eigenvalue weighted by Gasteiger charge is 2.37. The van der Waals surface area contributed by atoms with E-state index in [1.165, 1.54) is 29.6 Å². The van der Waals surface area contributed by atoms with E-state index in [1.54, 1.807) is 103 Å². The summed E-state index contributed by atoms with van der Waals surface area (Å²) in [7, 11) is 0. The number of nitrogens with two attached hydrogens (primary N) is 1. The van der Waals surface area contributed by atoms with E-state index in [4.69, 9.17) is 75.2 Å². The summed E-state index contributed by atoms with van der Waals surface area (Å²) in [6, 6.07) is 3.67. The van der Waals surface area contributed by atoms with E-state index >= 15 is 0 Å². The third-order valence-corrected chi connectivity index (χ3v) is 23.8. The highest BCUT2D eigenvalue weighted by molar-refractivity contribution is 9.18. The zero-order chi connectivity index (χ0) is 104. The summed E-state index contributed by atoms with van der Waals surface area (Å²) in [5.74, 6) is 12.3. The fourth-order valence-corrected chi connectivity index (χ4v) is 13.8. The van der Waals surface area contributed by atoms with Crippen LogP contribution in [0.3, 0.4) is 0 Å². The van der Waals surface area contributed by atoms with Crippen LogP contribution in [0.2, 0.25) is 0 Å². The molecule has 10 aliphatic rings. The van der Waals surface area contributed by atoms with Crippen LogP contribution in [0.15, 0.2) is 176 Å². The van der Waals surface area contributed by atoms with Crippen molar-refractivity contribution in [3.8, 4) is 11.5 Å². The van der Waals surface area contributed by atoms with Crippen molar-refractivity contribution in [2.45, 2.75) is 318 Å². The first-order valence-corrected chi connectivity index (χ1v) is 50.5. The maximum absolute atomic E-state index is 10.7. The molecule has 0 aliphatic carbocycles. The van der Waals surface area contributed by atoms with Crippen LogP contribution in [0.1, 0.15) is 257 Å². The summed E-state index contributed by atoms with van der Waals surface area (Å²) in [6.07, 6.45) is 39.2. The molecular weight excluding hydrogens is 1970 g/mol. The van der Waals surface area contributed by atoms with Gasteiger partial charge >= 0.3 is 0 Å². The second-order valence-corrected chi connectivity index (χ2v) is 41.3. The average molecular weight is 2120 g/mol. The van der Waals surface area contributed by atoms with Gasteiger partial charge in [-0.1, -0.05) is 247 Å². The van der Waals surface area contributed by atoms with Crippen molar-refractivity contribution in [1.29, 1.82) is 0 Å². The van der Waals surface area contributed by atoms with Crippen molar-refractivity contribution in [2.75, 3.05) is 5.75 Å². The van der Waals surface area contributed by atoms with Crippen LogP contribution in [-0.2, 0) is 62.8 Å². The van der Waals surface area contributed by atoms with Crippen molar-refractivity contribution in [2.24, 2.45) is 128 Å². The van der Waals surface area contributed by atoms with Crippen LogP contribution >= 0.6 is 55.2 Å². The van der Waals surface area contributed by atoms with Gasteiger partial charge in [0.1, 0.15) is 117 Å². The monoisotopic (exact) mass is 2120 g/mol. The molecule has 0 fully saturated rings. The van der Waals surface area contributed by atoms with E-state index in [1.807, 2.05) is 50.6 Å². The molecule has 0 bridgehead atoms. The van der Waals surface area contributed by atoms with Gasteiger partial charge in [-0.25, -0.2) is 29.3 Å². The molecule has 6 aromatic rings. The van der Waals surface area contributed by atoms with Gasteiger partial charge < -0.3 is 68.4 Å². The molecular formula is C96H148Br2ClN25O15S. The highest BCUT2D eigenvalue weighted by atomic mass is 79.9. The molecule has 0 radical (unpaired) electrons. The summed E-state index contributed by atoms with van der Waals surface area (Å²) >= 11 is 13.9. The van der Waals surface area contributed by atoms with Gasteiger partial charge in [0.2, 0.25) is 17.7 Å². The minimum atomic E-state index is -0.376. The van der Waals surface area contributed by atoms with Crippen LogP contribution in [0.5, 0.6) is 11.5 Å². The number of ether oxygens (including phenoxy) is 2. The minimum Gasteiger partial charge on any atom is -0.438 e. The first-order valence-electron chi connectivity index (χ1n) is 47.5. The molecule has 6 aromatic heterocycles. The Morgan fingerprint density at radius 1 is 0.500 bits per heavy atom. The SMILES string of the molecule is C=CC(=O)C(C)C.CC(=O)CCCSC1=NOC(C(C)C)C1.CC(C)/C=C/C(N)=O.CC(C)C1(C)CC(Br)=NO1.CC(C)C1CC(Br)=NO1.CC(C)C1CC(Cl)=NO1.CC(C)C1CC(Oc2cccnc2)=NO1.CC(C)C1CC(Oc2cncnc2)=NO1.CC(C)C1CC(n2ccnc2)=NO1.CC(C)C1CC(n2ccnn2)=NO1.CC(C)C1CC(n2cncn2)=NO1.CC(C)C1CC(n2nccn2)=NO1. The number of allylic oxidation sites excluding steroid dienone is 2. The molecule has 16 heterocycles. The molecule has 0 saturated heterocycles. The number of ketones is 2. The zero-order valence-electron chi connectivity index (χ0n) is 86.0. The molecule has 2 N–H and O–H groups in total. The molecule has 16 rings (SSSR count). The van der Waals surface area contributed by atoms with Crippen LogP contribution < -0.4 is 15.2 Å². The van der Waals surface area contributed by atoms with E-state index in [9.17, 15) is 14.4 Å². The molecule has 0 aromatic carbocycles. The Morgan fingerprint density at radius 3 is 1.34 bits per heavy atom. The smallest absolute Gasteiger partial charge is 0.241 e. The van der Waals surface area contributed by atoms with Crippen LogP contribution in [0.4, 0.5) is 0 Å². The largest absolute Gasteiger partial charge is 0.438 e. The number of pyridine rings is 1. The van der Waals surface area contributed by atoms with E-state index in [0.717, 1.165) is 108 Å². The first-order chi connectivity index (χ1) is 66.4. The number of thioether (sulfide) groups is 1. The molecule has 774 valence electrons. The van der Waals surface area contributed by atoms with Gasteiger partial charge in [-0.2, -0.15) is 15.3 Å². The number of aromatic nitrogens is 14. The predicted octanol–water partition coefficient (Wildman–Crippen LogP) is 19.6. The molecule has 1 amide bonds. The number of primary amides is 1. The minimum absolute atomic E-state index is 0.0845. The van der Waals surface area contributed by atoms with E-state index in [-0.39, 0.29) is 77.8 Å². The predicted molar refractivity (Wildman–Crippen MR) is 553 cm³/mol. The fourth-order valence-electron chi connectivity index (χ4n) is 11.7. The lowest BCUT2D eigenvalue weighted by Gasteiger charge is -2.25. The van der Waals surface area contributed by atoms with Crippen molar-refractivity contribution in [3.63, 3.8) is 0 Å². The Labute approximate surface area is 850 Å². The molecule has 44 heteroatoms. The lowest BCUT2D eigenvalue weighted by atomic mass is 9.90. The van der Waals surface area contributed by atoms with E-state index in [2.05, 4.69) is 286 Å². The van der Waals surface area contributed by atoms with Crippen LogP contribution in [0.25, 0.3) is 0 Å². The van der Waals surface area contributed by atoms with Crippen molar-refractivity contribution in [3.05, 3.63) is 124 Å². The van der Waals surface area contributed by atoms with Gasteiger partial charge in [-0.15, -0.1) is 21.7 Å². The van der Waals surface area contributed by atoms with Gasteiger partial charge in [-0.05, 0) is 147 Å². The Bertz CT molecular complexity index is 4560. The lowest BCUT2D eigenvalue weighted by Crippen LogP contribution is -2.30. The number of carbonyl (C=O) groups excluding carboxylic acids is 3. The number of oxime groups is 10. The lowest BCUT2D eigenvalue weighted by molar-refractivity contribution is -0.117. The summed E-state index contributed by atoms with van der Waals surface area (Å²) in [4.78, 5) is 104. The Balaban J connectivity index is 0.000000271. The van der Waals surface area contributed by atoms with Gasteiger partial charge in [0.15, 0.2) is 34.9 Å². The average Bonchev–Trinajstić information content (AvgIpc) is 1.72. The molecule has 10 unspecified atom stereocenters. The molecule has 0 spiro atoms. The highest BCUT2D eigenvalue weighted by Crippen LogP contribution is 2.33. The number of halogens is 3. The van der Waals surface area contributed by atoms with E-state index in [0.29, 0.717) is 113 Å². The van der Waals surface area contributed by atoms with Crippen molar-refractivity contribution in [1.82, 2.24) is 69.3 Å². The van der Waals surface area contributed by atoms with Crippen LogP contribution in [0, 0.1) is 71.0 Å². The Kier molecular flexibility index (Phi) is 54.4. The second-order valence-electron chi connectivity index (χ2n) is 37.8. The Hall–Kier alpha value is -10.9. The van der Waals surface area contributed by atoms with Crippen LogP contribution in [-0.4, -0.2) is 208 Å². The van der Waals surface area contributed by atoms with Gasteiger partial charge in [0.25, 0.3) is 0 Å². The summed E-state index contributed by atoms with van der Waals surface area (Å²) < 4.78 is 18.0. The number of Topliss-reactive ketones (excluding diaryl/α,β-unsaturated/α-hetero) is 1. The molecule has 0 saturated carbocycles. The molecule has 10 atom stereocenters. The van der Waals surface area contributed by atoms with E-state index < -0.39 is 0 Å². The number of amides is 1. The van der Waals surface area contributed by atoms with Gasteiger partial charge in [0, 0.05) is 63.0 Å². The standard InChI is InChI=1S/C11H14N2O2.C11H19NO2S.C10H13N3O2.C9H13N3O.3C8H12N4O.C7H12BrNO.C6H10BrNO.C6H10ClNO.C6H11NO.C6H10O/c1-8(2)10-6-11(13-15-10)14-9-4-3-5-12-7-9;1-8(2)10-7-11(12-14-10)15-6-4-5-9(3)13;1-7(2)9-3-10(13-15-9)14-8-4-11-6-12-5-8;1-7(2)8-5-9(11-13-8)12-4-3-10-6-12;1-6(2)7-3-8(11-13-7)12-5-9-4-10-12;1-6(2)7-5-8(10-13-7)12-4-3-9-11-12;1-6(2)7-5-8(11-13-7)12-9-3-4-10-12;1-5(2)7(3)4-6(8)9-10-7;2*1-4(2)5-3-6(7)8-9-5;1-5(2)3-4-6(7)8;1-4-6(7)5(2)3/h3-5,7-8,10H,6H2,1-2H3;8,10H,4-7H2,1-3H3;4-7,9H,3H2,1-2H3;3-4,6-8H,5H2,1-2H3;4-7H,3H2,1-2H3;2*3-4,6-7H,5H2,1-2H3;5H,4H2,1-3H3;2*4-5H,3H2,1-2H3;3-5H,1-2H3,(H2,7,8);4-5H,1H2,2-3H3/b;;;;;;;;;;4-3+;. The topological polar surface area (TPSA) is 460 Å². The summed E-state index contributed by atoms with van der Waals surface area (Å²) in [5.41, 5.74) is 4.73. The maximum Gasteiger partial charge on any atom is 0.241 e. The molecule has 40 nitrogen and oxygen atoms in total. The number of rotatable bonds is 20. The van der Waals surface area contributed by atoms with Gasteiger partial charge in [-0.3, -0.25) is 19.1 Å². The van der Waals surface area contributed by atoms with Gasteiger partial charge in [0.05, 0.1) is 75.5 Å². The number of imidazole rings is 1. The molecule has 10 aliphatic heterocycles. The number of hydrogen-bond acceptors (Lipinski definition) is 36.